The summed E-state index contributed by atoms with van der Waals surface area (Å²) in [4.78, 5) is 12.3. The summed E-state index contributed by atoms with van der Waals surface area (Å²) in [7, 11) is 0. The molecule has 1 spiro atoms. The Kier molecular flexibility index (Phi) is 1.60. The average Bonchev–Trinajstić information content (AvgIpc) is 2.62. The highest BCUT2D eigenvalue weighted by Gasteiger charge is 2.40. The number of carbonyl (C=O) groups is 1. The maximum atomic E-state index is 10.4. The Labute approximate surface area is 66.3 Å². The van der Waals surface area contributed by atoms with Gasteiger partial charge in [-0.2, -0.15) is 0 Å². The Balaban J connectivity index is 2.01. The molecule has 0 N–H and O–H groups in total. The number of carbonyl (C=O) groups excluding carboxylic acids is 1. The van der Waals surface area contributed by atoms with Gasteiger partial charge in [0.1, 0.15) is 0 Å². The molecule has 2 fully saturated rings. The first-order valence-electron chi connectivity index (χ1n) is 4.12. The minimum Gasteiger partial charge on any atom is -0.381 e. The van der Waals surface area contributed by atoms with Gasteiger partial charge in [0.15, 0.2) is 0 Å². The number of amides is 1. The van der Waals surface area contributed by atoms with Crippen LogP contribution in [0.5, 0.6) is 0 Å². The minimum absolute atomic E-state index is 0.334. The van der Waals surface area contributed by atoms with Crippen LogP contribution >= 0.6 is 0 Å². The molecule has 11 heavy (non-hydrogen) atoms. The molecule has 0 saturated carbocycles. The molecule has 0 radical (unpaired) electrons. The summed E-state index contributed by atoms with van der Waals surface area (Å²) in [6.45, 7) is 3.58. The van der Waals surface area contributed by atoms with Gasteiger partial charge in [0.05, 0.1) is 6.61 Å². The van der Waals surface area contributed by atoms with Crippen molar-refractivity contribution in [2.45, 2.75) is 12.8 Å². The van der Waals surface area contributed by atoms with Gasteiger partial charge in [0.2, 0.25) is 6.41 Å². The van der Waals surface area contributed by atoms with Crippen LogP contribution in [0, 0.1) is 5.41 Å². The molecule has 0 aromatic heterocycles. The predicted molar refractivity (Wildman–Crippen MR) is 40.1 cm³/mol. The van der Waals surface area contributed by atoms with Crippen molar-refractivity contribution in [3.63, 3.8) is 0 Å². The van der Waals surface area contributed by atoms with E-state index in [0.29, 0.717) is 5.41 Å². The molecule has 0 aliphatic carbocycles. The van der Waals surface area contributed by atoms with Crippen LogP contribution in [0.3, 0.4) is 0 Å². The van der Waals surface area contributed by atoms with Crippen molar-refractivity contribution in [1.29, 1.82) is 0 Å². The third-order valence-corrected chi connectivity index (χ3v) is 2.80. The Bertz CT molecular complexity index is 163. The number of likely N-dealkylation sites (tertiary alicyclic amines) is 1. The standard InChI is InChI=1S/C8H13NO2/c10-7-9-3-1-8(5-9)2-4-11-6-8/h7H,1-6H2. The molecular formula is C8H13NO2. The molecule has 1 amide bonds. The van der Waals surface area contributed by atoms with Crippen LogP contribution in [-0.4, -0.2) is 37.6 Å². The van der Waals surface area contributed by atoms with Gasteiger partial charge in [-0.05, 0) is 12.8 Å². The molecule has 0 aromatic rings. The van der Waals surface area contributed by atoms with Crippen molar-refractivity contribution in [3.05, 3.63) is 0 Å². The maximum absolute atomic E-state index is 10.4. The molecule has 62 valence electrons. The first kappa shape index (κ1) is 7.10. The zero-order chi connectivity index (χ0) is 7.73. The Morgan fingerprint density at radius 2 is 2.36 bits per heavy atom. The summed E-state index contributed by atoms with van der Waals surface area (Å²) in [6, 6.07) is 0. The molecule has 2 rings (SSSR count). The van der Waals surface area contributed by atoms with E-state index in [-0.39, 0.29) is 0 Å². The Hall–Kier alpha value is -0.570. The third kappa shape index (κ3) is 1.13. The fourth-order valence-electron chi connectivity index (χ4n) is 2.03. The number of rotatable bonds is 1. The molecule has 0 aromatic carbocycles. The molecule has 2 aliphatic rings. The van der Waals surface area contributed by atoms with Crippen LogP contribution in [0.4, 0.5) is 0 Å². The average molecular weight is 155 g/mol. The topological polar surface area (TPSA) is 29.5 Å². The quantitative estimate of drug-likeness (QED) is 0.508. The van der Waals surface area contributed by atoms with E-state index < -0.39 is 0 Å². The zero-order valence-electron chi connectivity index (χ0n) is 6.58. The highest BCUT2D eigenvalue weighted by Crippen LogP contribution is 2.37. The van der Waals surface area contributed by atoms with E-state index in [1.165, 1.54) is 0 Å². The van der Waals surface area contributed by atoms with Gasteiger partial charge in [-0.3, -0.25) is 4.79 Å². The highest BCUT2D eigenvalue weighted by molar-refractivity contribution is 5.47. The monoisotopic (exact) mass is 155 g/mol. The van der Waals surface area contributed by atoms with Gasteiger partial charge in [0.25, 0.3) is 0 Å². The molecular weight excluding hydrogens is 142 g/mol. The molecule has 2 saturated heterocycles. The predicted octanol–water partition coefficient (Wildman–Crippen LogP) is 0.255. The first-order valence-corrected chi connectivity index (χ1v) is 4.12. The van der Waals surface area contributed by atoms with Crippen LogP contribution in [0.2, 0.25) is 0 Å². The lowest BCUT2D eigenvalue weighted by Gasteiger charge is -2.19. The largest absolute Gasteiger partial charge is 0.381 e. The lowest BCUT2D eigenvalue weighted by Crippen LogP contribution is -2.26. The lowest BCUT2D eigenvalue weighted by atomic mass is 9.87. The number of hydrogen-bond acceptors (Lipinski definition) is 2. The Morgan fingerprint density at radius 1 is 1.45 bits per heavy atom. The number of ether oxygens (including phenoxy) is 1. The van der Waals surface area contributed by atoms with Crippen LogP contribution in [0.25, 0.3) is 0 Å². The normalized spacial score (nSPS) is 36.9. The third-order valence-electron chi connectivity index (χ3n) is 2.80. The molecule has 1 unspecified atom stereocenters. The number of nitrogens with zero attached hydrogens (tertiary/aromatic N) is 1. The molecule has 2 heterocycles. The van der Waals surface area contributed by atoms with Crippen molar-refractivity contribution in [2.75, 3.05) is 26.3 Å². The van der Waals surface area contributed by atoms with Crippen LogP contribution < -0.4 is 0 Å². The maximum Gasteiger partial charge on any atom is 0.209 e. The second kappa shape index (κ2) is 2.48. The Morgan fingerprint density at radius 3 is 2.91 bits per heavy atom. The SMILES string of the molecule is O=CN1CCC2(CCOC2)C1. The summed E-state index contributed by atoms with van der Waals surface area (Å²) in [6.07, 6.45) is 3.22. The number of hydrogen-bond donors (Lipinski definition) is 0. The van der Waals surface area contributed by atoms with E-state index >= 15 is 0 Å². The van der Waals surface area contributed by atoms with Crippen molar-refractivity contribution in [3.8, 4) is 0 Å². The summed E-state index contributed by atoms with van der Waals surface area (Å²) in [5.74, 6) is 0. The molecule has 0 bridgehead atoms. The smallest absolute Gasteiger partial charge is 0.209 e. The molecule has 1 atom stereocenters. The summed E-state index contributed by atoms with van der Waals surface area (Å²) in [5, 5.41) is 0. The van der Waals surface area contributed by atoms with Gasteiger partial charge in [-0.15, -0.1) is 0 Å². The first-order chi connectivity index (χ1) is 5.35. The highest BCUT2D eigenvalue weighted by atomic mass is 16.5. The van der Waals surface area contributed by atoms with Gasteiger partial charge >= 0.3 is 0 Å². The van der Waals surface area contributed by atoms with E-state index in [4.69, 9.17) is 4.74 Å². The minimum atomic E-state index is 0.334. The van der Waals surface area contributed by atoms with Crippen molar-refractivity contribution in [1.82, 2.24) is 4.90 Å². The van der Waals surface area contributed by atoms with Crippen LogP contribution in [-0.2, 0) is 9.53 Å². The van der Waals surface area contributed by atoms with Crippen molar-refractivity contribution in [2.24, 2.45) is 5.41 Å². The second-order valence-corrected chi connectivity index (χ2v) is 3.63. The van der Waals surface area contributed by atoms with E-state index in [1.807, 2.05) is 4.90 Å². The van der Waals surface area contributed by atoms with E-state index in [0.717, 1.165) is 45.6 Å². The summed E-state index contributed by atoms with van der Waals surface area (Å²) < 4.78 is 5.33. The second-order valence-electron chi connectivity index (χ2n) is 3.63. The van der Waals surface area contributed by atoms with E-state index in [2.05, 4.69) is 0 Å². The summed E-state index contributed by atoms with van der Waals surface area (Å²) >= 11 is 0. The van der Waals surface area contributed by atoms with Crippen LogP contribution in [0.15, 0.2) is 0 Å². The molecule has 2 aliphatic heterocycles. The van der Waals surface area contributed by atoms with E-state index in [1.54, 1.807) is 0 Å². The van der Waals surface area contributed by atoms with Gasteiger partial charge < -0.3 is 9.64 Å². The van der Waals surface area contributed by atoms with Gasteiger partial charge in [-0.1, -0.05) is 0 Å². The lowest BCUT2D eigenvalue weighted by molar-refractivity contribution is -0.117. The fraction of sp³-hybridized carbons (Fsp3) is 0.875. The van der Waals surface area contributed by atoms with Gasteiger partial charge in [-0.25, -0.2) is 0 Å². The van der Waals surface area contributed by atoms with E-state index in [9.17, 15) is 4.79 Å². The molecule has 3 nitrogen and oxygen atoms in total. The summed E-state index contributed by atoms with van der Waals surface area (Å²) in [5.41, 5.74) is 0.334. The van der Waals surface area contributed by atoms with Crippen LogP contribution in [0.1, 0.15) is 12.8 Å². The van der Waals surface area contributed by atoms with Gasteiger partial charge in [0, 0.05) is 25.1 Å². The fourth-order valence-corrected chi connectivity index (χ4v) is 2.03. The molecule has 3 heteroatoms. The zero-order valence-corrected chi connectivity index (χ0v) is 6.58. The van der Waals surface area contributed by atoms with Crippen molar-refractivity contribution >= 4 is 6.41 Å². The van der Waals surface area contributed by atoms with Crippen molar-refractivity contribution < 1.29 is 9.53 Å².